The second-order valence-corrected chi connectivity index (χ2v) is 6.53. The van der Waals surface area contributed by atoms with Gasteiger partial charge >= 0.3 is 0 Å². The van der Waals surface area contributed by atoms with Crippen molar-refractivity contribution in [2.45, 2.75) is 25.3 Å². The topological polar surface area (TPSA) is 57.6 Å². The summed E-state index contributed by atoms with van der Waals surface area (Å²) in [6.07, 6.45) is 0. The van der Waals surface area contributed by atoms with Gasteiger partial charge in [-0.3, -0.25) is 0 Å². The Labute approximate surface area is 103 Å². The first-order valence-electron chi connectivity index (χ1n) is 5.54. The van der Waals surface area contributed by atoms with Crippen molar-refractivity contribution >= 4 is 10.0 Å². The van der Waals surface area contributed by atoms with Crippen LogP contribution in [-0.4, -0.2) is 31.4 Å². The zero-order chi connectivity index (χ0) is 13.1. The zero-order valence-corrected chi connectivity index (χ0v) is 11.2. The van der Waals surface area contributed by atoms with E-state index >= 15 is 0 Å². The Bertz CT molecular complexity index is 451. The van der Waals surface area contributed by atoms with Crippen LogP contribution in [-0.2, 0) is 16.6 Å². The molecule has 0 aliphatic rings. The minimum Gasteiger partial charge on any atom is -0.392 e. The van der Waals surface area contributed by atoms with Gasteiger partial charge in [0.15, 0.2) is 0 Å². The fourth-order valence-electron chi connectivity index (χ4n) is 1.56. The summed E-state index contributed by atoms with van der Waals surface area (Å²) < 4.78 is 25.6. The third-order valence-corrected chi connectivity index (χ3v) is 4.27. The predicted molar refractivity (Wildman–Crippen MR) is 67.0 cm³/mol. The molecular weight excluding hydrogens is 238 g/mol. The van der Waals surface area contributed by atoms with Gasteiger partial charge in [0.25, 0.3) is 0 Å². The number of hydrogen-bond donors (Lipinski definition) is 1. The highest BCUT2D eigenvalue weighted by Gasteiger charge is 2.20. The minimum absolute atomic E-state index is 0.0812. The molecule has 0 radical (unpaired) electrons. The summed E-state index contributed by atoms with van der Waals surface area (Å²) in [6, 6.07) is 6.29. The van der Waals surface area contributed by atoms with Crippen LogP contribution in [0.5, 0.6) is 0 Å². The van der Waals surface area contributed by atoms with E-state index in [1.165, 1.54) is 16.4 Å². The van der Waals surface area contributed by atoms with Crippen LogP contribution >= 0.6 is 0 Å². The molecule has 4 nitrogen and oxygen atoms in total. The van der Waals surface area contributed by atoms with Gasteiger partial charge in [-0.05, 0) is 23.6 Å². The number of benzene rings is 1. The molecule has 0 unspecified atom stereocenters. The van der Waals surface area contributed by atoms with E-state index in [0.29, 0.717) is 12.1 Å². The molecule has 0 amide bonds. The summed E-state index contributed by atoms with van der Waals surface area (Å²) in [7, 11) is -1.83. The molecule has 1 rings (SSSR count). The maximum atomic E-state index is 12.1. The van der Waals surface area contributed by atoms with E-state index in [1.54, 1.807) is 19.2 Å². The van der Waals surface area contributed by atoms with Crippen molar-refractivity contribution in [3.8, 4) is 0 Å². The van der Waals surface area contributed by atoms with Crippen molar-refractivity contribution < 1.29 is 13.5 Å². The second-order valence-electron chi connectivity index (χ2n) is 4.48. The fourth-order valence-corrected chi connectivity index (χ4v) is 2.89. The van der Waals surface area contributed by atoms with Gasteiger partial charge in [-0.1, -0.05) is 26.0 Å². The third kappa shape index (κ3) is 3.52. The molecule has 0 aromatic heterocycles. The highest BCUT2D eigenvalue weighted by Crippen LogP contribution is 2.16. The molecule has 0 heterocycles. The summed E-state index contributed by atoms with van der Waals surface area (Å²) >= 11 is 0. The molecule has 1 N–H and O–H groups in total. The van der Waals surface area contributed by atoms with Gasteiger partial charge in [-0.25, -0.2) is 12.7 Å². The number of aliphatic hydroxyl groups is 1. The van der Waals surface area contributed by atoms with E-state index in [0.717, 1.165) is 0 Å². The normalized spacial score (nSPS) is 12.4. The largest absolute Gasteiger partial charge is 0.392 e. The van der Waals surface area contributed by atoms with Crippen LogP contribution in [0.1, 0.15) is 19.4 Å². The van der Waals surface area contributed by atoms with E-state index < -0.39 is 10.0 Å². The molecule has 0 fully saturated rings. The molecule has 0 atom stereocenters. The van der Waals surface area contributed by atoms with E-state index in [-0.39, 0.29) is 17.4 Å². The van der Waals surface area contributed by atoms with E-state index in [1.807, 2.05) is 13.8 Å². The van der Waals surface area contributed by atoms with Gasteiger partial charge in [0.2, 0.25) is 10.0 Å². The van der Waals surface area contributed by atoms with Crippen molar-refractivity contribution in [1.29, 1.82) is 0 Å². The van der Waals surface area contributed by atoms with Gasteiger partial charge in [-0.15, -0.1) is 0 Å². The minimum atomic E-state index is -3.41. The van der Waals surface area contributed by atoms with Crippen molar-refractivity contribution in [3.63, 3.8) is 0 Å². The van der Waals surface area contributed by atoms with Crippen LogP contribution < -0.4 is 0 Å². The molecule has 17 heavy (non-hydrogen) atoms. The van der Waals surface area contributed by atoms with Crippen molar-refractivity contribution in [2.24, 2.45) is 5.92 Å². The highest BCUT2D eigenvalue weighted by atomic mass is 32.2. The molecule has 0 aliphatic heterocycles. The number of nitrogens with zero attached hydrogens (tertiary/aromatic N) is 1. The monoisotopic (exact) mass is 257 g/mol. The number of aliphatic hydroxyl groups excluding tert-OH is 1. The standard InChI is InChI=1S/C12H19NO3S/c1-10(2)8-13(3)17(15,16)12-6-4-11(9-14)5-7-12/h4-7,10,14H,8-9H2,1-3H3. The van der Waals surface area contributed by atoms with E-state index in [2.05, 4.69) is 0 Å². The quantitative estimate of drug-likeness (QED) is 0.868. The van der Waals surface area contributed by atoms with Crippen molar-refractivity contribution in [1.82, 2.24) is 4.31 Å². The zero-order valence-electron chi connectivity index (χ0n) is 10.4. The summed E-state index contributed by atoms with van der Waals surface area (Å²) in [5.74, 6) is 0.284. The third-order valence-electron chi connectivity index (χ3n) is 2.44. The molecule has 0 spiro atoms. The summed E-state index contributed by atoms with van der Waals surface area (Å²) in [4.78, 5) is 0.262. The van der Waals surface area contributed by atoms with E-state index in [4.69, 9.17) is 5.11 Å². The van der Waals surface area contributed by atoms with Gasteiger partial charge in [-0.2, -0.15) is 0 Å². The van der Waals surface area contributed by atoms with Gasteiger partial charge in [0, 0.05) is 13.6 Å². The Morgan fingerprint density at radius 2 is 1.76 bits per heavy atom. The molecule has 5 heteroatoms. The second kappa shape index (κ2) is 5.62. The molecule has 0 saturated carbocycles. The smallest absolute Gasteiger partial charge is 0.242 e. The first-order valence-corrected chi connectivity index (χ1v) is 6.98. The maximum absolute atomic E-state index is 12.1. The van der Waals surface area contributed by atoms with Gasteiger partial charge in [0.1, 0.15) is 0 Å². The highest BCUT2D eigenvalue weighted by molar-refractivity contribution is 7.89. The van der Waals surface area contributed by atoms with Crippen molar-refractivity contribution in [2.75, 3.05) is 13.6 Å². The first kappa shape index (κ1) is 14.2. The number of rotatable bonds is 5. The molecule has 0 bridgehead atoms. The van der Waals surface area contributed by atoms with E-state index in [9.17, 15) is 8.42 Å². The van der Waals surface area contributed by atoms with Crippen LogP contribution in [0.15, 0.2) is 29.2 Å². The van der Waals surface area contributed by atoms with Crippen molar-refractivity contribution in [3.05, 3.63) is 29.8 Å². The first-order chi connectivity index (χ1) is 7.87. The summed E-state index contributed by atoms with van der Waals surface area (Å²) in [5, 5.41) is 8.90. The van der Waals surface area contributed by atoms with Gasteiger partial charge < -0.3 is 5.11 Å². The maximum Gasteiger partial charge on any atom is 0.242 e. The lowest BCUT2D eigenvalue weighted by atomic mass is 10.2. The Hall–Kier alpha value is -0.910. The lowest BCUT2D eigenvalue weighted by Crippen LogP contribution is -2.30. The van der Waals surface area contributed by atoms with Gasteiger partial charge in [0.05, 0.1) is 11.5 Å². The molecule has 96 valence electrons. The van der Waals surface area contributed by atoms with Crippen LogP contribution in [0.4, 0.5) is 0 Å². The molecule has 1 aromatic rings. The molecular formula is C12H19NO3S. The van der Waals surface area contributed by atoms with Crippen LogP contribution in [0.2, 0.25) is 0 Å². The molecule has 0 aliphatic carbocycles. The summed E-state index contributed by atoms with van der Waals surface area (Å²) in [6.45, 7) is 4.36. The molecule has 0 saturated heterocycles. The SMILES string of the molecule is CC(C)CN(C)S(=O)(=O)c1ccc(CO)cc1. The fraction of sp³-hybridized carbons (Fsp3) is 0.500. The average molecular weight is 257 g/mol. The Balaban J connectivity index is 2.96. The van der Waals surface area contributed by atoms with Crippen LogP contribution in [0.3, 0.4) is 0 Å². The Kier molecular flexibility index (Phi) is 4.68. The lowest BCUT2D eigenvalue weighted by Gasteiger charge is -2.19. The number of hydrogen-bond acceptors (Lipinski definition) is 3. The predicted octanol–water partition coefficient (Wildman–Crippen LogP) is 1.46. The van der Waals surface area contributed by atoms with Crippen LogP contribution in [0, 0.1) is 5.92 Å². The van der Waals surface area contributed by atoms with Crippen LogP contribution in [0.25, 0.3) is 0 Å². The average Bonchev–Trinajstić information content (AvgIpc) is 2.28. The summed E-state index contributed by atoms with van der Waals surface area (Å²) in [5.41, 5.74) is 0.704. The number of sulfonamides is 1. The Morgan fingerprint density at radius 3 is 2.18 bits per heavy atom. The lowest BCUT2D eigenvalue weighted by molar-refractivity contribution is 0.281. The Morgan fingerprint density at radius 1 is 1.24 bits per heavy atom. The molecule has 1 aromatic carbocycles.